The Morgan fingerprint density at radius 2 is 1.03 bits per heavy atom. The smallest absolute Gasteiger partial charge is 0.313 e. The molecule has 0 aliphatic carbocycles. The molecule has 8 nitrogen and oxygen atoms in total. The summed E-state index contributed by atoms with van der Waals surface area (Å²) in [5, 5.41) is -0.0369. The highest BCUT2D eigenvalue weighted by atomic mass is 33.7. The summed E-state index contributed by atoms with van der Waals surface area (Å²) >= 11 is 5.93. The van der Waals surface area contributed by atoms with Crippen LogP contribution in [0.5, 0.6) is 0 Å². The van der Waals surface area contributed by atoms with Gasteiger partial charge in [-0.3, -0.25) is 9.59 Å². The lowest BCUT2D eigenvalue weighted by Gasteiger charge is -2.17. The molecule has 0 aliphatic rings. The van der Waals surface area contributed by atoms with Crippen LogP contribution in [0.25, 0.3) is 0 Å². The average Bonchev–Trinajstić information content (AvgIpc) is 2.90. The molecule has 0 rings (SSSR count). The van der Waals surface area contributed by atoms with Gasteiger partial charge in [0.1, 0.15) is 11.8 Å². The molecule has 0 unspecified atom stereocenters. The summed E-state index contributed by atoms with van der Waals surface area (Å²) in [7, 11) is 11.0. The molecule has 214 valence electrons. The molecule has 0 aromatic rings. The largest absolute Gasteiger partial charge is 0.360 e. The van der Waals surface area contributed by atoms with Gasteiger partial charge in [-0.2, -0.15) is 0 Å². The van der Waals surface area contributed by atoms with Crippen LogP contribution in [-0.4, -0.2) is 101 Å². The summed E-state index contributed by atoms with van der Waals surface area (Å²) < 4.78 is 24.4. The van der Waals surface area contributed by atoms with E-state index in [2.05, 4.69) is 0 Å². The Balaban J connectivity index is 3.96. The number of amides is 2. The highest BCUT2D eigenvalue weighted by Gasteiger charge is 2.18. The van der Waals surface area contributed by atoms with Gasteiger partial charge in [-0.05, 0) is 80.3 Å². The monoisotopic (exact) mass is 692 g/mol. The second-order valence-electron chi connectivity index (χ2n) is 6.88. The van der Waals surface area contributed by atoms with E-state index >= 15 is 0 Å². The third kappa shape index (κ3) is 20.0. The van der Waals surface area contributed by atoms with E-state index in [0.717, 1.165) is 58.8 Å². The SMILES string of the molecule is COC(OC)[SiH2]CCCCSN(SC)C(=O)SSSSC(=O)N(SC)SCCCC[SiH2]C(OC)OC. The number of ether oxygens (including phenoxy) is 4. The Morgan fingerprint density at radius 3 is 1.33 bits per heavy atom. The summed E-state index contributed by atoms with van der Waals surface area (Å²) in [6, 6.07) is 2.34. The van der Waals surface area contributed by atoms with Crippen molar-refractivity contribution >= 4 is 119 Å². The van der Waals surface area contributed by atoms with Crippen LogP contribution in [0, 0.1) is 0 Å². The van der Waals surface area contributed by atoms with Crippen LogP contribution in [-0.2, 0) is 18.9 Å². The van der Waals surface area contributed by atoms with Crippen LogP contribution in [0.1, 0.15) is 25.7 Å². The maximum atomic E-state index is 12.5. The van der Waals surface area contributed by atoms with Crippen molar-refractivity contribution in [1.29, 1.82) is 0 Å². The summed E-state index contributed by atoms with van der Waals surface area (Å²) in [5.41, 5.74) is 0. The van der Waals surface area contributed by atoms with Crippen molar-refractivity contribution in [2.45, 2.75) is 49.6 Å². The van der Waals surface area contributed by atoms with E-state index in [1.807, 2.05) is 12.5 Å². The van der Waals surface area contributed by atoms with Crippen molar-refractivity contribution in [2.75, 3.05) is 52.5 Å². The summed E-state index contributed by atoms with van der Waals surface area (Å²) in [4.78, 5) is 24.9. The number of hydrogen-bond donors (Lipinski definition) is 0. The first-order valence-corrected chi connectivity index (χ1v) is 24.0. The van der Waals surface area contributed by atoms with Crippen molar-refractivity contribution in [1.82, 2.24) is 7.42 Å². The molecule has 0 saturated heterocycles. The number of hydrogen-bond acceptors (Lipinski definition) is 14. The minimum absolute atomic E-state index is 0.00138. The lowest BCUT2D eigenvalue weighted by molar-refractivity contribution is -0.0442. The van der Waals surface area contributed by atoms with Gasteiger partial charge in [0.2, 0.25) is 0 Å². The predicted octanol–water partition coefficient (Wildman–Crippen LogP) is 6.25. The zero-order valence-electron chi connectivity index (χ0n) is 21.8. The molecule has 2 amide bonds. The first-order chi connectivity index (χ1) is 17.5. The minimum atomic E-state index is -0.378. The van der Waals surface area contributed by atoms with Crippen LogP contribution >= 0.6 is 89.0 Å². The van der Waals surface area contributed by atoms with Crippen molar-refractivity contribution in [3.8, 4) is 0 Å². The Bertz CT molecular complexity index is 514. The zero-order chi connectivity index (χ0) is 27.0. The van der Waals surface area contributed by atoms with Crippen LogP contribution in [0.2, 0.25) is 12.1 Å². The number of rotatable bonds is 23. The van der Waals surface area contributed by atoms with Gasteiger partial charge < -0.3 is 18.9 Å². The second-order valence-corrected chi connectivity index (χ2v) is 20.3. The molecule has 0 spiro atoms. The molecule has 0 aromatic heterocycles. The van der Waals surface area contributed by atoms with Gasteiger partial charge in [-0.25, -0.2) is 7.42 Å². The quantitative estimate of drug-likeness (QED) is 0.0398. The van der Waals surface area contributed by atoms with E-state index in [-0.39, 0.29) is 41.3 Å². The molecule has 0 aromatic carbocycles. The van der Waals surface area contributed by atoms with Crippen LogP contribution in [0.3, 0.4) is 0 Å². The molecule has 36 heavy (non-hydrogen) atoms. The molecule has 0 fully saturated rings. The number of methoxy groups -OCH3 is 4. The fraction of sp³-hybridized carbons (Fsp3) is 0.889. The van der Waals surface area contributed by atoms with Gasteiger partial charge in [0, 0.05) is 74.0 Å². The summed E-state index contributed by atoms with van der Waals surface area (Å²) in [6.45, 7) is 0. The maximum absolute atomic E-state index is 12.5. The fourth-order valence-corrected chi connectivity index (χ4v) is 14.4. The van der Waals surface area contributed by atoms with E-state index in [0.29, 0.717) is 0 Å². The normalized spacial score (nSPS) is 12.1. The first-order valence-electron chi connectivity index (χ1n) is 11.3. The van der Waals surface area contributed by atoms with Crippen molar-refractivity contribution in [2.24, 2.45) is 0 Å². The molecular formula is C18H40N2O6S8Si2. The lowest BCUT2D eigenvalue weighted by Crippen LogP contribution is -2.21. The molecule has 0 heterocycles. The number of carbonyl (C=O) groups is 2. The molecule has 0 aliphatic heterocycles. The van der Waals surface area contributed by atoms with Crippen LogP contribution in [0.4, 0.5) is 9.59 Å². The van der Waals surface area contributed by atoms with Gasteiger partial charge in [-0.1, -0.05) is 24.9 Å². The highest BCUT2D eigenvalue weighted by molar-refractivity contribution is 9.29. The van der Waals surface area contributed by atoms with Gasteiger partial charge in [0.15, 0.2) is 0 Å². The first kappa shape index (κ1) is 38.0. The Kier molecular flexibility index (Phi) is 28.7. The Morgan fingerprint density at radius 1 is 0.667 bits per heavy atom. The van der Waals surface area contributed by atoms with E-state index in [1.54, 1.807) is 59.8 Å². The molecule has 0 radical (unpaired) electrons. The van der Waals surface area contributed by atoms with Gasteiger partial charge in [0.05, 0.1) is 19.0 Å². The van der Waals surface area contributed by atoms with Gasteiger partial charge >= 0.3 is 10.5 Å². The van der Waals surface area contributed by atoms with E-state index in [4.69, 9.17) is 18.9 Å². The Labute approximate surface area is 254 Å². The third-order valence-corrected chi connectivity index (χ3v) is 18.8. The van der Waals surface area contributed by atoms with E-state index < -0.39 is 0 Å². The maximum Gasteiger partial charge on any atom is 0.313 e. The van der Waals surface area contributed by atoms with Crippen LogP contribution in [0.15, 0.2) is 0 Å². The number of unbranched alkanes of at least 4 members (excludes halogenated alkanes) is 2. The molecule has 0 bridgehead atoms. The highest BCUT2D eigenvalue weighted by Crippen LogP contribution is 2.47. The molecular weight excluding hydrogens is 653 g/mol. The molecule has 0 saturated carbocycles. The predicted molar refractivity (Wildman–Crippen MR) is 178 cm³/mol. The van der Waals surface area contributed by atoms with Gasteiger partial charge in [0.25, 0.3) is 0 Å². The molecule has 18 heteroatoms. The van der Waals surface area contributed by atoms with Crippen LogP contribution < -0.4 is 0 Å². The minimum Gasteiger partial charge on any atom is -0.360 e. The number of nitrogens with zero attached hydrogens (tertiary/aromatic N) is 2. The fourth-order valence-electron chi connectivity index (χ4n) is 2.65. The summed E-state index contributed by atoms with van der Waals surface area (Å²) in [6.07, 6.45) is 8.18. The Hall–Kier alpha value is 2.01. The number of carbonyl (C=O) groups excluding carboxylic acids is 2. The van der Waals surface area contributed by atoms with Crippen molar-refractivity contribution in [3.63, 3.8) is 0 Å². The molecule has 0 atom stereocenters. The van der Waals surface area contributed by atoms with Crippen molar-refractivity contribution < 1.29 is 28.5 Å². The second kappa shape index (κ2) is 27.2. The molecule has 0 N–H and O–H groups in total. The third-order valence-electron chi connectivity index (χ3n) is 4.51. The average molecular weight is 693 g/mol. The lowest BCUT2D eigenvalue weighted by atomic mass is 10.4. The van der Waals surface area contributed by atoms with E-state index in [9.17, 15) is 9.59 Å². The van der Waals surface area contributed by atoms with Crippen molar-refractivity contribution in [3.05, 3.63) is 0 Å². The topological polar surface area (TPSA) is 77.5 Å². The summed E-state index contributed by atoms with van der Waals surface area (Å²) in [5.74, 6) is 1.81. The standard InChI is InChI=1S/C18H40N2O6S8Si2/c1-23-17(24-2)35-13-9-7-11-29-19(27-5)15(21)31-33-34-32-16(22)20(28-6)30-12-8-10-14-36-18(25-3)26-4/h17-18H,7-14,35-36H2,1-6H3. The zero-order valence-corrected chi connectivity index (χ0v) is 31.2. The van der Waals surface area contributed by atoms with E-state index in [1.165, 1.54) is 55.6 Å². The van der Waals surface area contributed by atoms with Gasteiger partial charge in [-0.15, -0.1) is 0 Å².